The van der Waals surface area contributed by atoms with E-state index in [-0.39, 0.29) is 17.4 Å². The molecule has 1 fully saturated rings. The summed E-state index contributed by atoms with van der Waals surface area (Å²) in [5, 5.41) is 0. The second kappa shape index (κ2) is 17.3. The molecule has 4 nitrogen and oxygen atoms in total. The second-order valence-electron chi connectivity index (χ2n) is 6.72. The van der Waals surface area contributed by atoms with E-state index in [0.29, 0.717) is 0 Å². The van der Waals surface area contributed by atoms with E-state index >= 15 is 0 Å². The Hall–Kier alpha value is -2.20. The molecular weight excluding hydrogens is 483 g/mol. The van der Waals surface area contributed by atoms with Crippen LogP contribution in [0.5, 0.6) is 0 Å². The molecule has 6 heteroatoms. The van der Waals surface area contributed by atoms with Crippen LogP contribution in [0.3, 0.4) is 0 Å². The average Bonchev–Trinajstić information content (AvgIpc) is 2.93. The minimum absolute atomic E-state index is 0. The first kappa shape index (κ1) is 31.8. The van der Waals surface area contributed by atoms with E-state index in [4.69, 9.17) is 18.5 Å². The van der Waals surface area contributed by atoms with E-state index in [1.54, 1.807) is 0 Å². The van der Waals surface area contributed by atoms with Crippen molar-refractivity contribution < 1.29 is 35.8 Å². The fourth-order valence-corrected chi connectivity index (χ4v) is 6.29. The molecule has 0 aliphatic carbocycles. The Kier molecular flexibility index (Phi) is 16.2. The standard InChI is InChI=1S/C25H23OP.3CO.Cr/c1-26-27(2)24(21-14-8-4-9-15-21)18-23(20-12-6-3-7-13-20)19-25(27)22-16-10-5-11-17-22;3*1-2;/h3-19H,1-2H3;;;;/q+1;;;;. The Bertz CT molecular complexity index is 927. The summed E-state index contributed by atoms with van der Waals surface area (Å²) >= 11 is 0. The second-order valence-corrected chi connectivity index (χ2v) is 9.90. The summed E-state index contributed by atoms with van der Waals surface area (Å²) in [6.07, 6.45) is 4.63. The summed E-state index contributed by atoms with van der Waals surface area (Å²) < 4.78 is 28.8. The topological polar surface area (TPSA) is 68.9 Å². The van der Waals surface area contributed by atoms with Gasteiger partial charge < -0.3 is 0 Å². The SMILES string of the molecule is CO[P+]1(C)[C](c2ccccc2)[CH][C](c2ccccc2)[CH][C]1c1ccccc1.[C-]#[O+].[C-]#[O+].[C-]#[O+].[Cr]. The Balaban J connectivity index is 0.00000145. The summed E-state index contributed by atoms with van der Waals surface area (Å²) in [5.41, 5.74) is 6.24. The van der Waals surface area contributed by atoms with Crippen LogP contribution < -0.4 is 0 Å². The molecule has 1 heterocycles. The Morgan fingerprint density at radius 1 is 0.559 bits per heavy atom. The molecule has 0 aromatic heterocycles. The van der Waals surface area contributed by atoms with Crippen LogP contribution in [0.2, 0.25) is 0 Å². The average molecular weight is 506 g/mol. The molecule has 0 bridgehead atoms. The van der Waals surface area contributed by atoms with Crippen molar-refractivity contribution >= 4 is 7.49 Å². The normalized spacial score (nSPS) is 14.8. The van der Waals surface area contributed by atoms with Gasteiger partial charge in [-0.15, -0.1) is 0 Å². The first-order valence-electron chi connectivity index (χ1n) is 9.73. The van der Waals surface area contributed by atoms with Crippen molar-refractivity contribution in [3.8, 4) is 0 Å². The van der Waals surface area contributed by atoms with Crippen molar-refractivity contribution in [3.63, 3.8) is 0 Å². The van der Waals surface area contributed by atoms with E-state index < -0.39 is 7.49 Å². The first-order valence-corrected chi connectivity index (χ1v) is 11.9. The number of benzene rings is 3. The van der Waals surface area contributed by atoms with Crippen molar-refractivity contribution in [2.24, 2.45) is 0 Å². The van der Waals surface area contributed by atoms with E-state index in [1.165, 1.54) is 33.9 Å². The molecule has 0 amide bonds. The third kappa shape index (κ3) is 7.66. The molecule has 3 aromatic carbocycles. The molecule has 4 rings (SSSR count). The minimum Gasteiger partial charge on any atom is 0 e. The Morgan fingerprint density at radius 2 is 0.853 bits per heavy atom. The largest absolute Gasteiger partial charge is 0 e. The van der Waals surface area contributed by atoms with Gasteiger partial charge in [-0.3, -0.25) is 0 Å². The first-order chi connectivity index (χ1) is 16.2. The zero-order chi connectivity index (χ0) is 24.7. The van der Waals surface area contributed by atoms with Crippen LogP contribution in [0.1, 0.15) is 16.7 Å². The molecule has 1 aliphatic rings. The third-order valence-corrected chi connectivity index (χ3v) is 8.46. The van der Waals surface area contributed by atoms with Gasteiger partial charge in [-0.1, -0.05) is 91.0 Å². The fraction of sp³-hybridized carbons (Fsp3) is 0.0714. The number of rotatable bonds is 4. The van der Waals surface area contributed by atoms with E-state index in [1.807, 2.05) is 7.11 Å². The summed E-state index contributed by atoms with van der Waals surface area (Å²) in [4.78, 5) is 0. The zero-order valence-electron chi connectivity index (χ0n) is 18.8. The van der Waals surface area contributed by atoms with Crippen molar-refractivity contribution in [2.75, 3.05) is 13.8 Å². The molecule has 0 N–H and O–H groups in total. The van der Waals surface area contributed by atoms with Crippen LogP contribution in [0.15, 0.2) is 91.0 Å². The molecule has 0 unspecified atom stereocenters. The van der Waals surface area contributed by atoms with Crippen molar-refractivity contribution in [1.29, 1.82) is 0 Å². The minimum atomic E-state index is -1.96. The van der Waals surface area contributed by atoms with Gasteiger partial charge in [0.15, 0.2) is 18.8 Å². The van der Waals surface area contributed by atoms with Crippen LogP contribution in [0.25, 0.3) is 0 Å². The van der Waals surface area contributed by atoms with Crippen LogP contribution in [-0.2, 0) is 35.8 Å². The third-order valence-electron chi connectivity index (χ3n) is 5.12. The monoisotopic (exact) mass is 506 g/mol. The molecule has 5 radical (unpaired) electrons. The van der Waals surface area contributed by atoms with Crippen LogP contribution in [-0.4, -0.2) is 13.8 Å². The van der Waals surface area contributed by atoms with Gasteiger partial charge in [0.05, 0.1) is 13.8 Å². The molecule has 0 atom stereocenters. The van der Waals surface area contributed by atoms with Crippen molar-refractivity contribution in [3.05, 3.63) is 158 Å². The molecule has 169 valence electrons. The summed E-state index contributed by atoms with van der Waals surface area (Å²) in [6, 6.07) is 31.8. The van der Waals surface area contributed by atoms with Crippen LogP contribution in [0, 0.1) is 50.0 Å². The Morgan fingerprint density at radius 3 is 1.15 bits per heavy atom. The molecule has 3 aromatic rings. The number of hydrogen-bond acceptors (Lipinski definition) is 1. The van der Waals surface area contributed by atoms with Crippen molar-refractivity contribution in [2.45, 2.75) is 0 Å². The molecule has 1 saturated heterocycles. The molecule has 1 aliphatic heterocycles. The fourth-order valence-electron chi connectivity index (χ4n) is 3.58. The smallest absolute Gasteiger partial charge is 0 e. The van der Waals surface area contributed by atoms with E-state index in [2.05, 4.69) is 130 Å². The molecule has 0 spiro atoms. The predicted octanol–water partition coefficient (Wildman–Crippen LogP) is 6.29. The predicted molar refractivity (Wildman–Crippen MR) is 127 cm³/mol. The zero-order valence-corrected chi connectivity index (χ0v) is 21.0. The van der Waals surface area contributed by atoms with Gasteiger partial charge in [0.1, 0.15) is 0 Å². The maximum absolute atomic E-state index is 7.50. The van der Waals surface area contributed by atoms with Gasteiger partial charge in [0.25, 0.3) is 0 Å². The van der Waals surface area contributed by atoms with E-state index in [0.717, 1.165) is 0 Å². The molecule has 34 heavy (non-hydrogen) atoms. The van der Waals surface area contributed by atoms with Gasteiger partial charge in [0, 0.05) is 47.2 Å². The number of hydrogen-bond donors (Lipinski definition) is 0. The maximum atomic E-state index is 7.50. The van der Waals surface area contributed by atoms with Crippen LogP contribution >= 0.6 is 7.49 Å². The Labute approximate surface area is 214 Å². The summed E-state index contributed by atoms with van der Waals surface area (Å²) in [7, 11) is -0.123. The molecule has 0 saturated carbocycles. The summed E-state index contributed by atoms with van der Waals surface area (Å²) in [6.45, 7) is 15.8. The van der Waals surface area contributed by atoms with Gasteiger partial charge in [-0.25, -0.2) is 4.52 Å². The van der Waals surface area contributed by atoms with Gasteiger partial charge in [0.2, 0.25) is 0 Å². The van der Waals surface area contributed by atoms with Gasteiger partial charge in [-0.2, -0.15) is 0 Å². The molecular formula is C28H23CrO4P+. The van der Waals surface area contributed by atoms with Crippen LogP contribution in [0.4, 0.5) is 0 Å². The maximum Gasteiger partial charge on any atom is 0 e. The van der Waals surface area contributed by atoms with E-state index in [9.17, 15) is 0 Å². The summed E-state index contributed by atoms with van der Waals surface area (Å²) in [5.74, 6) is 1.22. The van der Waals surface area contributed by atoms with Gasteiger partial charge in [-0.05, 0) is 5.56 Å². The quantitative estimate of drug-likeness (QED) is 0.233. The van der Waals surface area contributed by atoms with Gasteiger partial charge >= 0.3 is 33.9 Å². The van der Waals surface area contributed by atoms with Crippen molar-refractivity contribution in [1.82, 2.24) is 0 Å².